The Morgan fingerprint density at radius 2 is 2.16 bits per heavy atom. The van der Waals surface area contributed by atoms with Crippen molar-refractivity contribution in [2.45, 2.75) is 6.42 Å². The van der Waals surface area contributed by atoms with E-state index in [2.05, 4.69) is 4.72 Å². The lowest BCUT2D eigenvalue weighted by Crippen LogP contribution is -2.33. The van der Waals surface area contributed by atoms with Crippen molar-refractivity contribution in [1.82, 2.24) is 4.31 Å². The van der Waals surface area contributed by atoms with Crippen LogP contribution in [0.4, 0.5) is 10.1 Å². The number of benzene rings is 1. The highest BCUT2D eigenvalue weighted by molar-refractivity contribution is 7.90. The molecule has 1 aromatic rings. The van der Waals surface area contributed by atoms with E-state index in [1.54, 1.807) is 0 Å². The van der Waals surface area contributed by atoms with Gasteiger partial charge in [-0.05, 0) is 18.6 Å². The van der Waals surface area contributed by atoms with Crippen LogP contribution >= 0.6 is 0 Å². The molecule has 0 bridgehead atoms. The molecule has 0 fully saturated rings. The van der Waals surface area contributed by atoms with E-state index in [-0.39, 0.29) is 24.6 Å². The highest BCUT2D eigenvalue weighted by Crippen LogP contribution is 2.21. The predicted octanol–water partition coefficient (Wildman–Crippen LogP) is 0.805. The van der Waals surface area contributed by atoms with E-state index in [0.29, 0.717) is 6.42 Å². The Labute approximate surface area is 112 Å². The molecule has 8 heteroatoms. The molecule has 108 valence electrons. The Kier molecular flexibility index (Phi) is 5.52. The lowest BCUT2D eigenvalue weighted by Gasteiger charge is -2.18. The summed E-state index contributed by atoms with van der Waals surface area (Å²) in [5.74, 6) is -0.614. The fraction of sp³-hybridized carbons (Fsp3) is 0.455. The fourth-order valence-corrected chi connectivity index (χ4v) is 2.32. The summed E-state index contributed by atoms with van der Waals surface area (Å²) < 4.78 is 45.2. The molecule has 6 nitrogen and oxygen atoms in total. The summed E-state index contributed by atoms with van der Waals surface area (Å²) in [6, 6.07) is 3.77. The first-order valence-corrected chi connectivity index (χ1v) is 7.03. The predicted molar refractivity (Wildman–Crippen MR) is 69.8 cm³/mol. The van der Waals surface area contributed by atoms with Gasteiger partial charge in [0.25, 0.3) is 0 Å². The van der Waals surface area contributed by atoms with Gasteiger partial charge in [0.1, 0.15) is 0 Å². The number of aliphatic hydroxyl groups excluding tert-OH is 1. The SMILES string of the molecule is COc1ccc(NS(=O)(=O)N(C)CCCO)cc1F. The molecular formula is C11H17FN2O4S. The summed E-state index contributed by atoms with van der Waals surface area (Å²) in [6.07, 6.45) is 0.328. The first-order chi connectivity index (χ1) is 8.90. The summed E-state index contributed by atoms with van der Waals surface area (Å²) in [5.41, 5.74) is 0.106. The first-order valence-electron chi connectivity index (χ1n) is 5.59. The smallest absolute Gasteiger partial charge is 0.301 e. The zero-order valence-electron chi connectivity index (χ0n) is 10.8. The van der Waals surface area contributed by atoms with E-state index in [1.807, 2.05) is 0 Å². The number of halogens is 1. The number of aliphatic hydroxyl groups is 1. The van der Waals surface area contributed by atoms with Crippen LogP contribution in [-0.2, 0) is 10.2 Å². The summed E-state index contributed by atoms with van der Waals surface area (Å²) >= 11 is 0. The standard InChI is InChI=1S/C11H17FN2O4S/c1-14(6-3-7-15)19(16,17)13-9-4-5-11(18-2)10(12)8-9/h4-5,8,13,15H,3,6-7H2,1-2H3. The van der Waals surface area contributed by atoms with Crippen molar-refractivity contribution in [1.29, 1.82) is 0 Å². The normalized spacial score (nSPS) is 11.6. The van der Waals surface area contributed by atoms with Crippen molar-refractivity contribution in [3.05, 3.63) is 24.0 Å². The quantitative estimate of drug-likeness (QED) is 0.779. The zero-order chi connectivity index (χ0) is 14.5. The van der Waals surface area contributed by atoms with Gasteiger partial charge in [-0.15, -0.1) is 0 Å². The van der Waals surface area contributed by atoms with Gasteiger partial charge in [-0.25, -0.2) is 4.39 Å². The Hall–Kier alpha value is -1.38. The van der Waals surface area contributed by atoms with Crippen LogP contribution in [0.5, 0.6) is 5.75 Å². The number of nitrogens with one attached hydrogen (secondary N) is 1. The molecule has 0 amide bonds. The largest absolute Gasteiger partial charge is 0.494 e. The van der Waals surface area contributed by atoms with Gasteiger partial charge in [0.05, 0.1) is 12.8 Å². The molecule has 0 aromatic heterocycles. The highest BCUT2D eigenvalue weighted by atomic mass is 32.2. The van der Waals surface area contributed by atoms with Crippen LogP contribution in [0.3, 0.4) is 0 Å². The summed E-state index contributed by atoms with van der Waals surface area (Å²) in [5, 5.41) is 8.66. The molecule has 0 aliphatic rings. The van der Waals surface area contributed by atoms with Crippen LogP contribution in [0.1, 0.15) is 6.42 Å². The van der Waals surface area contributed by atoms with Gasteiger partial charge in [0.15, 0.2) is 11.6 Å². The maximum atomic E-state index is 13.4. The minimum atomic E-state index is -3.76. The molecule has 0 saturated carbocycles. The monoisotopic (exact) mass is 292 g/mol. The molecule has 1 aromatic carbocycles. The maximum Gasteiger partial charge on any atom is 0.301 e. The van der Waals surface area contributed by atoms with Crippen LogP contribution in [-0.4, -0.2) is 45.1 Å². The molecule has 0 atom stereocenters. The zero-order valence-corrected chi connectivity index (χ0v) is 11.6. The average Bonchev–Trinajstić information content (AvgIpc) is 2.35. The number of rotatable bonds is 7. The number of hydrogen-bond donors (Lipinski definition) is 2. The van der Waals surface area contributed by atoms with Gasteiger partial charge in [-0.2, -0.15) is 12.7 Å². The van der Waals surface area contributed by atoms with E-state index in [9.17, 15) is 12.8 Å². The van der Waals surface area contributed by atoms with Crippen molar-refractivity contribution in [2.24, 2.45) is 0 Å². The number of ether oxygens (including phenoxy) is 1. The Balaban J connectivity index is 2.80. The molecule has 0 saturated heterocycles. The van der Waals surface area contributed by atoms with Crippen LogP contribution in [0.25, 0.3) is 0 Å². The summed E-state index contributed by atoms with van der Waals surface area (Å²) in [6.45, 7) is 0.0709. The molecule has 1 rings (SSSR count). The van der Waals surface area contributed by atoms with Gasteiger partial charge in [-0.1, -0.05) is 0 Å². The van der Waals surface area contributed by atoms with Gasteiger partial charge in [-0.3, -0.25) is 4.72 Å². The number of anilines is 1. The fourth-order valence-electron chi connectivity index (χ4n) is 1.37. The van der Waals surface area contributed by atoms with E-state index >= 15 is 0 Å². The van der Waals surface area contributed by atoms with E-state index in [4.69, 9.17) is 9.84 Å². The van der Waals surface area contributed by atoms with Crippen LogP contribution < -0.4 is 9.46 Å². The lowest BCUT2D eigenvalue weighted by atomic mass is 10.3. The molecule has 19 heavy (non-hydrogen) atoms. The van der Waals surface area contributed by atoms with Gasteiger partial charge in [0.2, 0.25) is 0 Å². The lowest BCUT2D eigenvalue weighted by molar-refractivity contribution is 0.276. The highest BCUT2D eigenvalue weighted by Gasteiger charge is 2.17. The van der Waals surface area contributed by atoms with E-state index in [0.717, 1.165) is 10.4 Å². The van der Waals surface area contributed by atoms with E-state index < -0.39 is 16.0 Å². The Morgan fingerprint density at radius 3 is 2.68 bits per heavy atom. The molecular weight excluding hydrogens is 275 g/mol. The van der Waals surface area contributed by atoms with Crippen LogP contribution in [0, 0.1) is 5.82 Å². The molecule has 0 spiro atoms. The second-order valence-electron chi connectivity index (χ2n) is 3.86. The summed E-state index contributed by atoms with van der Waals surface area (Å²) in [7, 11) is -1.06. The van der Waals surface area contributed by atoms with Gasteiger partial charge < -0.3 is 9.84 Å². The van der Waals surface area contributed by atoms with E-state index in [1.165, 1.54) is 26.3 Å². The van der Waals surface area contributed by atoms with Gasteiger partial charge >= 0.3 is 10.2 Å². The Morgan fingerprint density at radius 1 is 1.47 bits per heavy atom. The third-order valence-electron chi connectivity index (χ3n) is 2.44. The van der Waals surface area contributed by atoms with Crippen LogP contribution in [0.15, 0.2) is 18.2 Å². The molecule has 0 aliphatic carbocycles. The molecule has 0 aliphatic heterocycles. The third kappa shape index (κ3) is 4.34. The van der Waals surface area contributed by atoms with Crippen LogP contribution in [0.2, 0.25) is 0 Å². The number of hydrogen-bond acceptors (Lipinski definition) is 4. The minimum Gasteiger partial charge on any atom is -0.494 e. The molecule has 0 radical (unpaired) electrons. The number of nitrogens with zero attached hydrogens (tertiary/aromatic N) is 1. The van der Waals surface area contributed by atoms with Crippen molar-refractivity contribution >= 4 is 15.9 Å². The van der Waals surface area contributed by atoms with Crippen molar-refractivity contribution in [2.75, 3.05) is 32.0 Å². The second-order valence-corrected chi connectivity index (χ2v) is 5.63. The summed E-state index contributed by atoms with van der Waals surface area (Å²) in [4.78, 5) is 0. The minimum absolute atomic E-state index is 0.0385. The van der Waals surface area contributed by atoms with Crippen molar-refractivity contribution in [3.63, 3.8) is 0 Å². The second kappa shape index (κ2) is 6.69. The maximum absolute atomic E-state index is 13.4. The van der Waals surface area contributed by atoms with Crippen molar-refractivity contribution < 1.29 is 22.7 Å². The van der Waals surface area contributed by atoms with Gasteiger partial charge in [0, 0.05) is 26.3 Å². The third-order valence-corrected chi connectivity index (χ3v) is 3.94. The average molecular weight is 292 g/mol. The topological polar surface area (TPSA) is 78.9 Å². The van der Waals surface area contributed by atoms with Crippen molar-refractivity contribution in [3.8, 4) is 5.75 Å². The first kappa shape index (κ1) is 15.7. The molecule has 0 heterocycles. The molecule has 0 unspecified atom stereocenters. The number of methoxy groups -OCH3 is 1. The Bertz CT molecular complexity index is 521. The molecule has 2 N–H and O–H groups in total.